The number of aromatic hydroxyl groups is 1. The van der Waals surface area contributed by atoms with E-state index in [4.69, 9.17) is 0 Å². The molecule has 1 nitrogen and oxygen atoms in total. The topological polar surface area (TPSA) is 20.2 Å². The zero-order valence-corrected chi connectivity index (χ0v) is 15.9. The van der Waals surface area contributed by atoms with E-state index < -0.39 is 0 Å². The molecule has 0 atom stereocenters. The molecule has 0 spiro atoms. The summed E-state index contributed by atoms with van der Waals surface area (Å²) in [5, 5.41) is 12.2. The van der Waals surface area contributed by atoms with E-state index in [2.05, 4.69) is 78.9 Å². The summed E-state index contributed by atoms with van der Waals surface area (Å²) in [5.41, 5.74) is 7.00. The third-order valence-electron chi connectivity index (χ3n) is 5.36. The Bertz CT molecular complexity index is 1230. The van der Waals surface area contributed by atoms with E-state index >= 15 is 0 Å². The van der Waals surface area contributed by atoms with Gasteiger partial charge < -0.3 is 5.11 Å². The van der Waals surface area contributed by atoms with E-state index in [1.807, 2.05) is 30.3 Å². The van der Waals surface area contributed by atoms with Crippen molar-refractivity contribution < 1.29 is 5.11 Å². The van der Waals surface area contributed by atoms with Gasteiger partial charge in [-0.15, -0.1) is 0 Å². The van der Waals surface area contributed by atoms with Crippen LogP contribution in [0.4, 0.5) is 0 Å². The normalized spacial score (nSPS) is 10.9. The molecule has 0 heterocycles. The molecule has 0 saturated carbocycles. The van der Waals surface area contributed by atoms with E-state index in [1.165, 1.54) is 22.3 Å². The van der Waals surface area contributed by atoms with Crippen molar-refractivity contribution in [3.8, 4) is 39.1 Å². The molecule has 0 aliphatic carbocycles. The average molecular weight is 372 g/mol. The van der Waals surface area contributed by atoms with Crippen LogP contribution in [0, 0.1) is 0 Å². The van der Waals surface area contributed by atoms with Gasteiger partial charge in [0.15, 0.2) is 0 Å². The molecule has 0 unspecified atom stereocenters. The van der Waals surface area contributed by atoms with Crippen LogP contribution in [0.25, 0.3) is 44.2 Å². The molecule has 0 radical (unpaired) electrons. The Morgan fingerprint density at radius 2 is 0.897 bits per heavy atom. The number of hydrogen-bond donors (Lipinski definition) is 1. The highest BCUT2D eigenvalue weighted by molar-refractivity contribution is 6.00. The van der Waals surface area contributed by atoms with Gasteiger partial charge in [0.25, 0.3) is 0 Å². The maximum absolute atomic E-state index is 10.3. The van der Waals surface area contributed by atoms with Crippen LogP contribution in [-0.4, -0.2) is 5.11 Å². The fourth-order valence-electron chi connectivity index (χ4n) is 3.92. The molecule has 0 aromatic heterocycles. The van der Waals surface area contributed by atoms with Gasteiger partial charge in [-0.3, -0.25) is 0 Å². The zero-order chi connectivity index (χ0) is 19.6. The van der Waals surface area contributed by atoms with Crippen molar-refractivity contribution in [2.24, 2.45) is 0 Å². The SMILES string of the molecule is Oc1cccc2c(-c3cc(-c4ccccc4)cc(-c4ccccc4)c3)cccc12. The first-order valence-corrected chi connectivity index (χ1v) is 9.77. The van der Waals surface area contributed by atoms with E-state index in [1.54, 1.807) is 6.07 Å². The predicted molar refractivity (Wildman–Crippen MR) is 122 cm³/mol. The number of benzene rings is 5. The minimum absolute atomic E-state index is 0.312. The van der Waals surface area contributed by atoms with E-state index in [-0.39, 0.29) is 0 Å². The molecule has 29 heavy (non-hydrogen) atoms. The molecule has 5 rings (SSSR count). The summed E-state index contributed by atoms with van der Waals surface area (Å²) in [4.78, 5) is 0. The monoisotopic (exact) mass is 372 g/mol. The lowest BCUT2D eigenvalue weighted by atomic mass is 9.91. The summed E-state index contributed by atoms with van der Waals surface area (Å²) in [6.45, 7) is 0. The van der Waals surface area contributed by atoms with Crippen LogP contribution in [0.3, 0.4) is 0 Å². The van der Waals surface area contributed by atoms with E-state index in [9.17, 15) is 5.11 Å². The van der Waals surface area contributed by atoms with Crippen LogP contribution in [-0.2, 0) is 0 Å². The molecular weight excluding hydrogens is 352 g/mol. The second-order valence-corrected chi connectivity index (χ2v) is 7.21. The molecular formula is C28H20O. The molecule has 0 aliphatic rings. The van der Waals surface area contributed by atoms with Gasteiger partial charge >= 0.3 is 0 Å². The Morgan fingerprint density at radius 1 is 0.379 bits per heavy atom. The minimum Gasteiger partial charge on any atom is -0.507 e. The molecule has 0 aliphatic heterocycles. The number of phenolic OH excluding ortho intramolecular Hbond substituents is 1. The van der Waals surface area contributed by atoms with Gasteiger partial charge in [-0.1, -0.05) is 91.0 Å². The van der Waals surface area contributed by atoms with Crippen LogP contribution >= 0.6 is 0 Å². The Morgan fingerprint density at radius 3 is 1.52 bits per heavy atom. The maximum Gasteiger partial charge on any atom is 0.123 e. The van der Waals surface area contributed by atoms with Crippen LogP contribution < -0.4 is 0 Å². The van der Waals surface area contributed by atoms with Crippen molar-refractivity contribution in [2.45, 2.75) is 0 Å². The second-order valence-electron chi connectivity index (χ2n) is 7.21. The van der Waals surface area contributed by atoms with Crippen LogP contribution in [0.15, 0.2) is 115 Å². The number of rotatable bonds is 3. The Kier molecular flexibility index (Phi) is 4.34. The van der Waals surface area contributed by atoms with Gasteiger partial charge in [0.1, 0.15) is 5.75 Å². The molecule has 0 saturated heterocycles. The van der Waals surface area contributed by atoms with E-state index in [0.717, 1.165) is 21.9 Å². The lowest BCUT2D eigenvalue weighted by molar-refractivity contribution is 0.481. The Hall–Kier alpha value is -3.84. The largest absolute Gasteiger partial charge is 0.507 e. The fourth-order valence-corrected chi connectivity index (χ4v) is 3.92. The molecule has 0 fully saturated rings. The van der Waals surface area contributed by atoms with E-state index in [0.29, 0.717) is 5.75 Å². The van der Waals surface area contributed by atoms with Gasteiger partial charge in [-0.25, -0.2) is 0 Å². The molecule has 5 aromatic carbocycles. The highest BCUT2D eigenvalue weighted by atomic mass is 16.3. The van der Waals surface area contributed by atoms with Gasteiger partial charge in [-0.05, 0) is 63.0 Å². The lowest BCUT2D eigenvalue weighted by Gasteiger charge is -2.13. The third kappa shape index (κ3) is 3.28. The highest BCUT2D eigenvalue weighted by Gasteiger charge is 2.10. The molecule has 5 aromatic rings. The highest BCUT2D eigenvalue weighted by Crippen LogP contribution is 2.37. The summed E-state index contributed by atoms with van der Waals surface area (Å²) in [6.07, 6.45) is 0. The average Bonchev–Trinajstić information content (AvgIpc) is 2.80. The lowest BCUT2D eigenvalue weighted by Crippen LogP contribution is -1.87. The van der Waals surface area contributed by atoms with Crippen molar-refractivity contribution in [1.82, 2.24) is 0 Å². The summed E-state index contributed by atoms with van der Waals surface area (Å²) in [7, 11) is 0. The molecule has 1 heteroatoms. The first kappa shape index (κ1) is 17.3. The summed E-state index contributed by atoms with van der Waals surface area (Å²) in [6, 6.07) is 39.5. The van der Waals surface area contributed by atoms with Crippen molar-refractivity contribution in [1.29, 1.82) is 0 Å². The summed E-state index contributed by atoms with van der Waals surface area (Å²) in [5.74, 6) is 0.312. The van der Waals surface area contributed by atoms with Gasteiger partial charge in [-0.2, -0.15) is 0 Å². The first-order chi connectivity index (χ1) is 14.3. The molecule has 138 valence electrons. The van der Waals surface area contributed by atoms with Crippen molar-refractivity contribution in [3.63, 3.8) is 0 Å². The number of hydrogen-bond acceptors (Lipinski definition) is 1. The maximum atomic E-state index is 10.3. The van der Waals surface area contributed by atoms with Crippen LogP contribution in [0.5, 0.6) is 5.75 Å². The standard InChI is InChI=1S/C28H20O/c29-28-16-8-14-26-25(13-7-15-27(26)28)24-18-22(20-9-3-1-4-10-20)17-23(19-24)21-11-5-2-6-12-21/h1-19,29H. The Balaban J connectivity index is 1.78. The molecule has 1 N–H and O–H groups in total. The summed E-state index contributed by atoms with van der Waals surface area (Å²) >= 11 is 0. The zero-order valence-electron chi connectivity index (χ0n) is 15.9. The van der Waals surface area contributed by atoms with Crippen molar-refractivity contribution in [2.75, 3.05) is 0 Å². The smallest absolute Gasteiger partial charge is 0.123 e. The van der Waals surface area contributed by atoms with Crippen LogP contribution in [0.2, 0.25) is 0 Å². The first-order valence-electron chi connectivity index (χ1n) is 9.77. The molecule has 0 amide bonds. The molecule has 0 bridgehead atoms. The van der Waals surface area contributed by atoms with Gasteiger partial charge in [0, 0.05) is 5.39 Å². The Labute approximate surface area is 170 Å². The van der Waals surface area contributed by atoms with Crippen molar-refractivity contribution in [3.05, 3.63) is 115 Å². The summed E-state index contributed by atoms with van der Waals surface area (Å²) < 4.78 is 0. The van der Waals surface area contributed by atoms with Gasteiger partial charge in [0.05, 0.1) is 0 Å². The van der Waals surface area contributed by atoms with Crippen molar-refractivity contribution >= 4 is 10.8 Å². The second kappa shape index (κ2) is 7.29. The predicted octanol–water partition coefficient (Wildman–Crippen LogP) is 7.55. The quantitative estimate of drug-likeness (QED) is 0.347. The number of fused-ring (bicyclic) bond motifs is 1. The fraction of sp³-hybridized carbons (Fsp3) is 0. The third-order valence-corrected chi connectivity index (χ3v) is 5.36. The van der Waals surface area contributed by atoms with Crippen LogP contribution in [0.1, 0.15) is 0 Å². The minimum atomic E-state index is 0.312. The van der Waals surface area contributed by atoms with Gasteiger partial charge in [0.2, 0.25) is 0 Å². The number of phenols is 1.